The number of nitro groups is 1. The molecule has 0 N–H and O–H groups in total. The Kier molecular flexibility index (Phi) is 4.52. The van der Waals surface area contributed by atoms with E-state index in [4.69, 9.17) is 4.74 Å². The van der Waals surface area contributed by atoms with Crippen LogP contribution >= 0.6 is 11.3 Å². The van der Waals surface area contributed by atoms with Crippen molar-refractivity contribution in [1.82, 2.24) is 4.98 Å². The Morgan fingerprint density at radius 2 is 2.00 bits per heavy atom. The Bertz CT molecular complexity index is 878. The van der Waals surface area contributed by atoms with E-state index in [1.165, 1.54) is 29.5 Å². The van der Waals surface area contributed by atoms with E-state index < -0.39 is 4.92 Å². The van der Waals surface area contributed by atoms with E-state index in [2.05, 4.69) is 4.98 Å². The molecule has 0 bridgehead atoms. The first-order valence-corrected chi connectivity index (χ1v) is 7.99. The van der Waals surface area contributed by atoms with Gasteiger partial charge in [0.25, 0.3) is 0 Å². The number of benzene rings is 2. The number of nitrogens with zero attached hydrogens (tertiary/aromatic N) is 2. The molecule has 0 unspecified atom stereocenters. The van der Waals surface area contributed by atoms with Crippen molar-refractivity contribution in [3.63, 3.8) is 0 Å². The summed E-state index contributed by atoms with van der Waals surface area (Å²) in [6.45, 7) is 1.97. The lowest BCUT2D eigenvalue weighted by Crippen LogP contribution is -2.00. The van der Waals surface area contributed by atoms with Crippen LogP contribution in [0.4, 0.5) is 10.1 Å². The number of aryl methyl sites for hydroxylation is 1. The van der Waals surface area contributed by atoms with Crippen molar-refractivity contribution < 1.29 is 14.1 Å². The minimum absolute atomic E-state index is 0.0745. The van der Waals surface area contributed by atoms with Gasteiger partial charge in [-0.05, 0) is 42.8 Å². The molecule has 0 atom stereocenters. The van der Waals surface area contributed by atoms with Crippen molar-refractivity contribution in [2.24, 2.45) is 0 Å². The average Bonchev–Trinajstić information content (AvgIpc) is 3.02. The van der Waals surface area contributed by atoms with E-state index in [1.807, 2.05) is 12.3 Å². The summed E-state index contributed by atoms with van der Waals surface area (Å²) in [5, 5.41) is 13.6. The maximum atomic E-state index is 13.0. The molecule has 0 amide bonds. The maximum Gasteiger partial charge on any atom is 0.310 e. The highest BCUT2D eigenvalue weighted by Crippen LogP contribution is 2.29. The van der Waals surface area contributed by atoms with E-state index in [1.54, 1.807) is 24.3 Å². The number of hydrogen-bond acceptors (Lipinski definition) is 5. The number of halogens is 1. The third-order valence-corrected chi connectivity index (χ3v) is 4.27. The molecule has 122 valence electrons. The molecule has 0 fully saturated rings. The van der Waals surface area contributed by atoms with Crippen molar-refractivity contribution in [2.75, 3.05) is 0 Å². The van der Waals surface area contributed by atoms with E-state index in [0.29, 0.717) is 5.69 Å². The van der Waals surface area contributed by atoms with Gasteiger partial charge in [-0.15, -0.1) is 11.3 Å². The van der Waals surface area contributed by atoms with Crippen molar-refractivity contribution in [1.29, 1.82) is 0 Å². The fraction of sp³-hybridized carbons (Fsp3) is 0.118. The lowest BCUT2D eigenvalue weighted by atomic mass is 10.2. The molecule has 0 aliphatic rings. The lowest BCUT2D eigenvalue weighted by molar-refractivity contribution is -0.386. The fourth-order valence-corrected chi connectivity index (χ4v) is 2.95. The lowest BCUT2D eigenvalue weighted by Gasteiger charge is -2.06. The van der Waals surface area contributed by atoms with Crippen molar-refractivity contribution in [2.45, 2.75) is 13.5 Å². The van der Waals surface area contributed by atoms with Crippen molar-refractivity contribution in [3.8, 4) is 16.3 Å². The summed E-state index contributed by atoms with van der Waals surface area (Å²) >= 11 is 1.41. The highest BCUT2D eigenvalue weighted by atomic mass is 32.1. The smallest absolute Gasteiger partial charge is 0.310 e. The summed E-state index contributed by atoms with van der Waals surface area (Å²) in [7, 11) is 0. The summed E-state index contributed by atoms with van der Waals surface area (Å²) in [5.41, 5.74) is 2.28. The number of ether oxygens (including phenoxy) is 1. The molecule has 0 radical (unpaired) electrons. The van der Waals surface area contributed by atoms with Gasteiger partial charge in [0.05, 0.1) is 10.6 Å². The van der Waals surface area contributed by atoms with E-state index in [-0.39, 0.29) is 23.9 Å². The van der Waals surface area contributed by atoms with Crippen LogP contribution in [0, 0.1) is 22.9 Å². The monoisotopic (exact) mass is 344 g/mol. The first kappa shape index (κ1) is 16.1. The van der Waals surface area contributed by atoms with Gasteiger partial charge in [0, 0.05) is 17.0 Å². The zero-order valence-electron chi connectivity index (χ0n) is 12.7. The molecule has 7 heteroatoms. The Morgan fingerprint density at radius 3 is 2.71 bits per heavy atom. The van der Waals surface area contributed by atoms with Crippen LogP contribution in [0.2, 0.25) is 0 Å². The van der Waals surface area contributed by atoms with Crippen LogP contribution in [0.3, 0.4) is 0 Å². The quantitative estimate of drug-likeness (QED) is 0.495. The zero-order valence-corrected chi connectivity index (χ0v) is 13.5. The van der Waals surface area contributed by atoms with Crippen LogP contribution < -0.4 is 4.74 Å². The van der Waals surface area contributed by atoms with Crippen LogP contribution in [-0.4, -0.2) is 9.91 Å². The Balaban J connectivity index is 1.75. The summed E-state index contributed by atoms with van der Waals surface area (Å²) in [5.74, 6) is -0.0815. The van der Waals surface area contributed by atoms with E-state index in [0.717, 1.165) is 16.1 Å². The summed E-state index contributed by atoms with van der Waals surface area (Å²) in [6.07, 6.45) is 0. The van der Waals surface area contributed by atoms with Crippen LogP contribution in [0.5, 0.6) is 5.75 Å². The Hall–Kier alpha value is -2.80. The third kappa shape index (κ3) is 3.57. The average molecular weight is 344 g/mol. The van der Waals surface area contributed by atoms with Crippen molar-refractivity contribution >= 4 is 17.0 Å². The van der Waals surface area contributed by atoms with Crippen LogP contribution in [-0.2, 0) is 6.61 Å². The topological polar surface area (TPSA) is 65.3 Å². The summed E-state index contributed by atoms with van der Waals surface area (Å²) in [6, 6.07) is 10.8. The van der Waals surface area contributed by atoms with Gasteiger partial charge in [0.15, 0.2) is 5.75 Å². The minimum Gasteiger partial charge on any atom is -0.480 e. The zero-order chi connectivity index (χ0) is 17.1. The maximum absolute atomic E-state index is 13.0. The van der Waals surface area contributed by atoms with Gasteiger partial charge in [-0.1, -0.05) is 6.07 Å². The Morgan fingerprint density at radius 1 is 1.25 bits per heavy atom. The number of rotatable bonds is 5. The molecule has 3 rings (SSSR count). The molecule has 0 spiro atoms. The Labute approximate surface area is 141 Å². The number of aromatic nitrogens is 1. The molecule has 1 heterocycles. The van der Waals surface area contributed by atoms with E-state index >= 15 is 0 Å². The molecular weight excluding hydrogens is 331 g/mol. The first-order chi connectivity index (χ1) is 11.5. The molecule has 5 nitrogen and oxygen atoms in total. The molecule has 24 heavy (non-hydrogen) atoms. The number of nitro benzene ring substituents is 1. The molecule has 0 saturated heterocycles. The highest BCUT2D eigenvalue weighted by Gasteiger charge is 2.15. The van der Waals surface area contributed by atoms with E-state index in [9.17, 15) is 14.5 Å². The first-order valence-electron chi connectivity index (χ1n) is 7.11. The predicted octanol–water partition coefficient (Wildman–Crippen LogP) is 4.74. The van der Waals surface area contributed by atoms with Crippen LogP contribution in [0.15, 0.2) is 47.8 Å². The van der Waals surface area contributed by atoms with Gasteiger partial charge in [-0.2, -0.15) is 0 Å². The highest BCUT2D eigenvalue weighted by molar-refractivity contribution is 7.13. The fourth-order valence-electron chi connectivity index (χ4n) is 2.14. The second kappa shape index (κ2) is 6.76. The third-order valence-electron chi connectivity index (χ3n) is 3.33. The number of thiazole rings is 1. The normalized spacial score (nSPS) is 10.6. The van der Waals surface area contributed by atoms with Gasteiger partial charge in [0.1, 0.15) is 17.4 Å². The predicted molar refractivity (Wildman–Crippen MR) is 89.7 cm³/mol. The van der Waals surface area contributed by atoms with Gasteiger partial charge < -0.3 is 4.74 Å². The molecule has 1 aromatic heterocycles. The number of hydrogen-bond donors (Lipinski definition) is 0. The van der Waals surface area contributed by atoms with Crippen LogP contribution in [0.25, 0.3) is 10.6 Å². The summed E-state index contributed by atoms with van der Waals surface area (Å²) in [4.78, 5) is 15.0. The second-order valence-corrected chi connectivity index (χ2v) is 6.03. The summed E-state index contributed by atoms with van der Waals surface area (Å²) < 4.78 is 18.5. The van der Waals surface area contributed by atoms with Gasteiger partial charge in [-0.3, -0.25) is 10.1 Å². The van der Waals surface area contributed by atoms with Crippen LogP contribution in [0.1, 0.15) is 11.3 Å². The SMILES string of the molecule is Cc1ccc([N+](=O)[O-])c(OCc2csc(-c3ccc(F)cc3)n2)c1. The minimum atomic E-state index is -0.472. The largest absolute Gasteiger partial charge is 0.480 e. The van der Waals surface area contributed by atoms with Crippen molar-refractivity contribution in [3.05, 3.63) is 75.0 Å². The second-order valence-electron chi connectivity index (χ2n) is 5.17. The molecule has 2 aromatic carbocycles. The standard InChI is InChI=1S/C17H13FN2O3S/c1-11-2-7-15(20(21)22)16(8-11)23-9-14-10-24-17(19-14)12-3-5-13(18)6-4-12/h2-8,10H,9H2,1H3. The molecule has 0 saturated carbocycles. The molecule has 3 aromatic rings. The van der Waals surface area contributed by atoms with Gasteiger partial charge in [-0.25, -0.2) is 9.37 Å². The molecular formula is C17H13FN2O3S. The van der Waals surface area contributed by atoms with Gasteiger partial charge in [0.2, 0.25) is 0 Å². The van der Waals surface area contributed by atoms with Gasteiger partial charge >= 0.3 is 5.69 Å². The molecule has 0 aliphatic heterocycles. The molecule has 0 aliphatic carbocycles.